The average molecular weight is 305 g/mol. The van der Waals surface area contributed by atoms with Crippen LogP contribution in [0.1, 0.15) is 25.7 Å². The van der Waals surface area contributed by atoms with E-state index in [1.54, 1.807) is 0 Å². The second-order valence-electron chi connectivity index (χ2n) is 4.58. The van der Waals surface area contributed by atoms with Crippen LogP contribution in [0.2, 0.25) is 5.02 Å². The molecule has 0 aliphatic carbocycles. The van der Waals surface area contributed by atoms with Crippen LogP contribution in [-0.2, 0) is 10.0 Å². The summed E-state index contributed by atoms with van der Waals surface area (Å²) in [4.78, 5) is 3.88. The summed E-state index contributed by atoms with van der Waals surface area (Å²) in [6, 6.07) is 1.32. The fraction of sp³-hybridized carbons (Fsp3) is 0.583. The number of nitrogens with zero attached hydrogens (tertiary/aromatic N) is 2. The summed E-state index contributed by atoms with van der Waals surface area (Å²) in [6.07, 6.45) is 5.79. The van der Waals surface area contributed by atoms with Crippen molar-refractivity contribution in [2.75, 3.05) is 13.2 Å². The Labute approximate surface area is 118 Å². The van der Waals surface area contributed by atoms with Gasteiger partial charge in [0.1, 0.15) is 4.90 Å². The number of piperidine rings is 1. The van der Waals surface area contributed by atoms with Gasteiger partial charge in [0.25, 0.3) is 0 Å². The zero-order chi connectivity index (χ0) is 13.9. The molecule has 1 aliphatic heterocycles. The summed E-state index contributed by atoms with van der Waals surface area (Å²) in [7, 11) is -3.64. The Hall–Kier alpha value is -0.690. The SMILES string of the molecule is O=S(=O)(c1cnccc1Cl)N1CCCCC1CCO. The maximum atomic E-state index is 12.6. The number of sulfonamides is 1. The topological polar surface area (TPSA) is 70.5 Å². The average Bonchev–Trinajstić information content (AvgIpc) is 2.40. The quantitative estimate of drug-likeness (QED) is 0.918. The van der Waals surface area contributed by atoms with Gasteiger partial charge in [0, 0.05) is 31.6 Å². The van der Waals surface area contributed by atoms with Gasteiger partial charge in [-0.1, -0.05) is 18.0 Å². The van der Waals surface area contributed by atoms with Crippen LogP contribution < -0.4 is 0 Å². The Morgan fingerprint density at radius 3 is 2.95 bits per heavy atom. The van der Waals surface area contributed by atoms with Crippen LogP contribution >= 0.6 is 11.6 Å². The molecule has 2 rings (SSSR count). The molecule has 1 aliphatic rings. The lowest BCUT2D eigenvalue weighted by Gasteiger charge is -2.34. The standard InChI is InChI=1S/C12H17ClN2O3S/c13-11-4-6-14-9-12(11)19(17,18)15-7-2-1-3-10(15)5-8-16/h4,6,9-10,16H,1-3,5,7-8H2. The highest BCUT2D eigenvalue weighted by Gasteiger charge is 2.34. The van der Waals surface area contributed by atoms with Crippen LogP contribution in [0.4, 0.5) is 0 Å². The van der Waals surface area contributed by atoms with E-state index in [0.29, 0.717) is 13.0 Å². The van der Waals surface area contributed by atoms with Crippen molar-refractivity contribution in [3.63, 3.8) is 0 Å². The Kier molecular flexibility index (Phi) is 4.78. The molecule has 19 heavy (non-hydrogen) atoms. The number of hydrogen-bond donors (Lipinski definition) is 1. The highest BCUT2D eigenvalue weighted by atomic mass is 35.5. The first kappa shape index (κ1) is 14.7. The van der Waals surface area contributed by atoms with Gasteiger partial charge in [-0.25, -0.2) is 8.42 Å². The van der Waals surface area contributed by atoms with Crippen molar-refractivity contribution in [1.82, 2.24) is 9.29 Å². The highest BCUT2D eigenvalue weighted by molar-refractivity contribution is 7.89. The van der Waals surface area contributed by atoms with E-state index >= 15 is 0 Å². The summed E-state index contributed by atoms with van der Waals surface area (Å²) in [5.41, 5.74) is 0. The molecule has 2 heterocycles. The molecule has 1 fully saturated rings. The molecule has 1 atom stereocenters. The fourth-order valence-electron chi connectivity index (χ4n) is 2.41. The zero-order valence-electron chi connectivity index (χ0n) is 10.5. The van der Waals surface area contributed by atoms with Crippen LogP contribution in [-0.4, -0.2) is 42.0 Å². The number of hydrogen-bond acceptors (Lipinski definition) is 4. The van der Waals surface area contributed by atoms with Crippen molar-refractivity contribution in [2.45, 2.75) is 36.6 Å². The number of aromatic nitrogens is 1. The molecule has 0 saturated carbocycles. The minimum atomic E-state index is -3.64. The largest absolute Gasteiger partial charge is 0.396 e. The Morgan fingerprint density at radius 1 is 1.47 bits per heavy atom. The molecular formula is C12H17ClN2O3S. The first-order chi connectivity index (χ1) is 9.07. The van der Waals surface area contributed by atoms with E-state index in [4.69, 9.17) is 16.7 Å². The van der Waals surface area contributed by atoms with Crippen molar-refractivity contribution in [2.24, 2.45) is 0 Å². The molecule has 1 saturated heterocycles. The maximum Gasteiger partial charge on any atom is 0.246 e. The van der Waals surface area contributed by atoms with Crippen LogP contribution in [0.15, 0.2) is 23.4 Å². The molecular weight excluding hydrogens is 288 g/mol. The van der Waals surface area contributed by atoms with Gasteiger partial charge in [0.2, 0.25) is 10.0 Å². The van der Waals surface area contributed by atoms with E-state index in [0.717, 1.165) is 19.3 Å². The molecule has 0 radical (unpaired) electrons. The molecule has 0 spiro atoms. The van der Waals surface area contributed by atoms with Crippen molar-refractivity contribution in [1.29, 1.82) is 0 Å². The molecule has 1 aromatic rings. The van der Waals surface area contributed by atoms with E-state index in [-0.39, 0.29) is 22.6 Å². The van der Waals surface area contributed by atoms with Crippen LogP contribution in [0.3, 0.4) is 0 Å². The summed E-state index contributed by atoms with van der Waals surface area (Å²) in [5.74, 6) is 0. The first-order valence-corrected chi connectivity index (χ1v) is 8.11. The van der Waals surface area contributed by atoms with Gasteiger partial charge in [0.15, 0.2) is 0 Å². The van der Waals surface area contributed by atoms with Gasteiger partial charge < -0.3 is 5.11 Å². The lowest BCUT2D eigenvalue weighted by atomic mass is 10.0. The third kappa shape index (κ3) is 3.08. The van der Waals surface area contributed by atoms with Crippen molar-refractivity contribution in [3.05, 3.63) is 23.5 Å². The van der Waals surface area contributed by atoms with E-state index in [1.807, 2.05) is 0 Å². The lowest BCUT2D eigenvalue weighted by Crippen LogP contribution is -2.44. The minimum absolute atomic E-state index is 0.0164. The van der Waals surface area contributed by atoms with Crippen LogP contribution in [0.25, 0.3) is 0 Å². The smallest absolute Gasteiger partial charge is 0.246 e. The number of aliphatic hydroxyl groups is 1. The number of rotatable bonds is 4. The Bertz CT molecular complexity index is 534. The molecule has 1 N–H and O–H groups in total. The monoisotopic (exact) mass is 304 g/mol. The van der Waals surface area contributed by atoms with Gasteiger partial charge in [-0.3, -0.25) is 4.98 Å². The van der Waals surface area contributed by atoms with E-state index in [2.05, 4.69) is 4.98 Å². The van der Waals surface area contributed by atoms with Crippen LogP contribution in [0, 0.1) is 0 Å². The van der Waals surface area contributed by atoms with E-state index in [1.165, 1.54) is 22.8 Å². The molecule has 1 unspecified atom stereocenters. The highest BCUT2D eigenvalue weighted by Crippen LogP contribution is 2.29. The summed E-state index contributed by atoms with van der Waals surface area (Å²) < 4.78 is 26.7. The number of halogens is 1. The molecule has 0 aromatic carbocycles. The third-order valence-corrected chi connectivity index (χ3v) is 5.78. The Balaban J connectivity index is 2.35. The zero-order valence-corrected chi connectivity index (χ0v) is 12.1. The molecule has 106 valence electrons. The van der Waals surface area contributed by atoms with Crippen molar-refractivity contribution in [3.8, 4) is 0 Å². The van der Waals surface area contributed by atoms with Gasteiger partial charge in [-0.2, -0.15) is 4.31 Å². The third-order valence-electron chi connectivity index (χ3n) is 3.36. The second kappa shape index (κ2) is 6.17. The van der Waals surface area contributed by atoms with Gasteiger partial charge >= 0.3 is 0 Å². The van der Waals surface area contributed by atoms with Gasteiger partial charge in [-0.05, 0) is 25.3 Å². The lowest BCUT2D eigenvalue weighted by molar-refractivity contribution is 0.192. The molecule has 5 nitrogen and oxygen atoms in total. The molecule has 0 amide bonds. The van der Waals surface area contributed by atoms with Gasteiger partial charge in [-0.15, -0.1) is 0 Å². The maximum absolute atomic E-state index is 12.6. The van der Waals surface area contributed by atoms with Gasteiger partial charge in [0.05, 0.1) is 5.02 Å². The Morgan fingerprint density at radius 2 is 2.26 bits per heavy atom. The minimum Gasteiger partial charge on any atom is -0.396 e. The first-order valence-electron chi connectivity index (χ1n) is 6.29. The molecule has 7 heteroatoms. The van der Waals surface area contributed by atoms with Crippen LogP contribution in [0.5, 0.6) is 0 Å². The second-order valence-corrected chi connectivity index (χ2v) is 6.85. The summed E-state index contributed by atoms with van der Waals surface area (Å²) >= 11 is 5.96. The summed E-state index contributed by atoms with van der Waals surface area (Å²) in [5, 5.41) is 9.25. The summed E-state index contributed by atoms with van der Waals surface area (Å²) in [6.45, 7) is 0.454. The molecule has 0 bridgehead atoms. The number of pyridine rings is 1. The number of aliphatic hydroxyl groups excluding tert-OH is 1. The molecule has 1 aromatic heterocycles. The normalized spacial score (nSPS) is 21.5. The van der Waals surface area contributed by atoms with E-state index < -0.39 is 10.0 Å². The predicted octanol–water partition coefficient (Wildman–Crippen LogP) is 1.66. The van der Waals surface area contributed by atoms with Crippen molar-refractivity contribution < 1.29 is 13.5 Å². The van der Waals surface area contributed by atoms with Crippen molar-refractivity contribution >= 4 is 21.6 Å². The fourth-order valence-corrected chi connectivity index (χ4v) is 4.54. The van der Waals surface area contributed by atoms with E-state index in [9.17, 15) is 8.42 Å². The predicted molar refractivity (Wildman–Crippen MR) is 72.5 cm³/mol.